The number of benzene rings is 1. The van der Waals surface area contributed by atoms with E-state index in [0.717, 1.165) is 28.8 Å². The number of aromatic nitrogens is 2. The Hall–Kier alpha value is -2.37. The summed E-state index contributed by atoms with van der Waals surface area (Å²) in [6.45, 7) is 4.91. The lowest BCUT2D eigenvalue weighted by atomic mass is 10.1. The summed E-state index contributed by atoms with van der Waals surface area (Å²) in [6, 6.07) is 4.97. The second-order valence-corrected chi connectivity index (χ2v) is 9.24. The van der Waals surface area contributed by atoms with Crippen LogP contribution in [0.5, 0.6) is 0 Å². The number of hydrogen-bond acceptors (Lipinski definition) is 7. The van der Waals surface area contributed by atoms with E-state index >= 15 is 0 Å². The molecule has 1 aromatic carbocycles. The third kappa shape index (κ3) is 3.96. The minimum Gasteiger partial charge on any atom is -0.397 e. The molecule has 11 heteroatoms. The average molecular weight is 454 g/mol. The zero-order chi connectivity index (χ0) is 21.6. The smallest absolute Gasteiger partial charge is 0.397 e. The molecule has 4 rings (SSSR count). The number of nitrogens with zero attached hydrogens (tertiary/aromatic N) is 3. The van der Waals surface area contributed by atoms with Gasteiger partial charge in [0.25, 0.3) is 5.91 Å². The maximum atomic E-state index is 12.7. The van der Waals surface area contributed by atoms with Gasteiger partial charge in [-0.25, -0.2) is 4.31 Å². The monoisotopic (exact) mass is 453 g/mol. The number of alkyl halides is 3. The van der Waals surface area contributed by atoms with Crippen molar-refractivity contribution in [2.45, 2.75) is 31.0 Å². The highest BCUT2D eigenvalue weighted by atomic mass is 32.2. The van der Waals surface area contributed by atoms with Gasteiger partial charge in [-0.2, -0.15) is 18.3 Å². The number of carbonyl (C=O) groups is 1. The molecule has 1 saturated heterocycles. The molecule has 3 N–H and O–H groups in total. The Kier molecular flexibility index (Phi) is 5.37. The van der Waals surface area contributed by atoms with Crippen molar-refractivity contribution in [1.82, 2.24) is 19.8 Å². The van der Waals surface area contributed by atoms with Crippen LogP contribution in [0.4, 0.5) is 18.9 Å². The molecule has 1 aliphatic heterocycles. The second-order valence-electron chi connectivity index (χ2n) is 7.07. The number of halogens is 3. The predicted molar refractivity (Wildman–Crippen MR) is 111 cm³/mol. The van der Waals surface area contributed by atoms with Gasteiger partial charge in [0.15, 0.2) is 0 Å². The molecule has 3 aromatic rings. The molecule has 0 saturated carbocycles. The van der Waals surface area contributed by atoms with Gasteiger partial charge < -0.3 is 11.1 Å². The molecule has 0 bridgehead atoms. The Balaban J connectivity index is 1.35. The molecular formula is C19H18F3N5OS2. The number of nitrogens with one attached hydrogen (secondary N) is 1. The van der Waals surface area contributed by atoms with Gasteiger partial charge in [0.1, 0.15) is 9.71 Å². The summed E-state index contributed by atoms with van der Waals surface area (Å²) in [5.41, 5.74) is 7.63. The molecule has 1 aliphatic rings. The third-order valence-corrected chi connectivity index (χ3v) is 7.07. The summed E-state index contributed by atoms with van der Waals surface area (Å²) in [6.07, 6.45) is -4.34. The Morgan fingerprint density at radius 1 is 1.23 bits per heavy atom. The molecule has 0 spiro atoms. The van der Waals surface area contributed by atoms with E-state index in [9.17, 15) is 18.0 Å². The average Bonchev–Trinajstić information content (AvgIpc) is 3.00. The van der Waals surface area contributed by atoms with Crippen LogP contribution in [-0.4, -0.2) is 39.5 Å². The van der Waals surface area contributed by atoms with Crippen LogP contribution in [0.25, 0.3) is 10.2 Å². The van der Waals surface area contributed by atoms with Crippen LogP contribution in [0.3, 0.4) is 0 Å². The molecule has 158 valence electrons. The lowest BCUT2D eigenvalue weighted by Gasteiger charge is -2.38. The minimum absolute atomic E-state index is 0.0574. The predicted octanol–water partition coefficient (Wildman–Crippen LogP) is 4.03. The van der Waals surface area contributed by atoms with Crippen LogP contribution in [0.2, 0.25) is 0 Å². The molecule has 0 radical (unpaired) electrons. The summed E-state index contributed by atoms with van der Waals surface area (Å²) >= 11 is 2.58. The van der Waals surface area contributed by atoms with Gasteiger partial charge in [0.2, 0.25) is 0 Å². The lowest BCUT2D eigenvalue weighted by Crippen LogP contribution is -2.56. The van der Waals surface area contributed by atoms with Gasteiger partial charge >= 0.3 is 6.18 Å². The van der Waals surface area contributed by atoms with Gasteiger partial charge in [0.05, 0.1) is 23.0 Å². The molecule has 3 heterocycles. The Labute approximate surface area is 178 Å². The number of fused-ring (bicyclic) bond motifs is 1. The zero-order valence-electron chi connectivity index (χ0n) is 16.1. The molecule has 2 aromatic heterocycles. The lowest BCUT2D eigenvalue weighted by molar-refractivity contribution is -0.137. The second kappa shape index (κ2) is 7.71. The number of aryl methyl sites for hydroxylation is 2. The van der Waals surface area contributed by atoms with Gasteiger partial charge in [-0.05, 0) is 55.6 Å². The fourth-order valence-corrected chi connectivity index (χ4v) is 5.19. The minimum atomic E-state index is -4.34. The van der Waals surface area contributed by atoms with Crippen LogP contribution < -0.4 is 11.1 Å². The first-order chi connectivity index (χ1) is 14.1. The van der Waals surface area contributed by atoms with E-state index in [2.05, 4.69) is 15.5 Å². The van der Waals surface area contributed by atoms with Crippen molar-refractivity contribution in [3.05, 3.63) is 46.0 Å². The summed E-state index contributed by atoms with van der Waals surface area (Å²) in [7, 11) is 0. The van der Waals surface area contributed by atoms with Crippen LogP contribution in [0.1, 0.15) is 26.5 Å². The molecule has 0 unspecified atom stereocenters. The van der Waals surface area contributed by atoms with Crippen molar-refractivity contribution >= 4 is 45.1 Å². The van der Waals surface area contributed by atoms with Crippen LogP contribution in [0, 0.1) is 13.8 Å². The highest BCUT2D eigenvalue weighted by Gasteiger charge is 2.32. The number of carbonyl (C=O) groups excluding carboxylic acids is 1. The molecule has 30 heavy (non-hydrogen) atoms. The van der Waals surface area contributed by atoms with Crippen LogP contribution in [-0.2, 0) is 6.18 Å². The number of anilines is 1. The quantitative estimate of drug-likeness (QED) is 0.581. The van der Waals surface area contributed by atoms with E-state index in [-0.39, 0.29) is 11.9 Å². The van der Waals surface area contributed by atoms with Crippen molar-refractivity contribution in [2.24, 2.45) is 0 Å². The van der Waals surface area contributed by atoms with E-state index in [0.29, 0.717) is 33.4 Å². The first-order valence-electron chi connectivity index (χ1n) is 9.06. The maximum absolute atomic E-state index is 12.7. The third-order valence-electron chi connectivity index (χ3n) is 4.94. The summed E-state index contributed by atoms with van der Waals surface area (Å²) in [4.78, 5) is 14.4. The van der Waals surface area contributed by atoms with Gasteiger partial charge in [-0.1, -0.05) is 0 Å². The van der Waals surface area contributed by atoms with E-state index in [1.54, 1.807) is 0 Å². The molecule has 6 nitrogen and oxygen atoms in total. The van der Waals surface area contributed by atoms with Gasteiger partial charge in [-0.3, -0.25) is 4.79 Å². The van der Waals surface area contributed by atoms with Crippen molar-refractivity contribution in [2.75, 3.05) is 18.8 Å². The van der Waals surface area contributed by atoms with Gasteiger partial charge in [0, 0.05) is 23.4 Å². The Morgan fingerprint density at radius 2 is 1.90 bits per heavy atom. The van der Waals surface area contributed by atoms with E-state index in [1.165, 1.54) is 35.4 Å². The SMILES string of the molecule is Cc1nnc2sc(C(=O)NC3CN(Sc4ccc(C(F)(F)F)cc4)C3)c(N)c2c1C. The number of nitrogens with two attached hydrogens (primary N) is 1. The normalized spacial score (nSPS) is 15.4. The van der Waals surface area contributed by atoms with E-state index in [1.807, 2.05) is 18.2 Å². The number of rotatable bonds is 4. The fraction of sp³-hybridized carbons (Fsp3) is 0.316. The van der Waals surface area contributed by atoms with E-state index in [4.69, 9.17) is 5.73 Å². The molecule has 1 amide bonds. The maximum Gasteiger partial charge on any atom is 0.416 e. The number of amides is 1. The van der Waals surface area contributed by atoms with Crippen LogP contribution >= 0.6 is 23.3 Å². The Morgan fingerprint density at radius 3 is 2.53 bits per heavy atom. The highest BCUT2D eigenvalue weighted by Crippen LogP contribution is 2.36. The van der Waals surface area contributed by atoms with E-state index < -0.39 is 11.7 Å². The largest absolute Gasteiger partial charge is 0.416 e. The highest BCUT2D eigenvalue weighted by molar-refractivity contribution is 7.97. The standard InChI is InChI=1S/C19H18F3N5OS2/c1-9-10(2)25-26-18-14(9)15(23)16(29-18)17(28)24-12-7-27(8-12)30-13-5-3-11(4-6-13)19(20,21)22/h3-6,12H,7-8,23H2,1-2H3,(H,24,28). The van der Waals surface area contributed by atoms with Crippen molar-refractivity contribution in [1.29, 1.82) is 0 Å². The molecule has 0 aliphatic carbocycles. The fourth-order valence-electron chi connectivity index (χ4n) is 3.12. The number of nitrogen functional groups attached to an aromatic ring is 1. The number of thiophene rings is 1. The summed E-state index contributed by atoms with van der Waals surface area (Å²) < 4.78 is 39.9. The Bertz CT molecular complexity index is 1110. The first-order valence-corrected chi connectivity index (χ1v) is 10.7. The first kappa shape index (κ1) is 20.9. The van der Waals surface area contributed by atoms with Crippen LogP contribution in [0.15, 0.2) is 29.2 Å². The van der Waals surface area contributed by atoms with Crippen molar-refractivity contribution < 1.29 is 18.0 Å². The van der Waals surface area contributed by atoms with Gasteiger partial charge in [-0.15, -0.1) is 16.4 Å². The topological polar surface area (TPSA) is 84.1 Å². The summed E-state index contributed by atoms with van der Waals surface area (Å²) in [5.74, 6) is -0.253. The van der Waals surface area contributed by atoms with Crippen molar-refractivity contribution in [3.8, 4) is 0 Å². The zero-order valence-corrected chi connectivity index (χ0v) is 17.7. The van der Waals surface area contributed by atoms with Crippen molar-refractivity contribution in [3.63, 3.8) is 0 Å². The molecule has 1 fully saturated rings. The summed E-state index contributed by atoms with van der Waals surface area (Å²) in [5, 5.41) is 11.9. The number of hydrogen-bond donors (Lipinski definition) is 2. The molecule has 0 atom stereocenters. The molecular weight excluding hydrogens is 435 g/mol.